The van der Waals surface area contributed by atoms with Crippen LogP contribution >= 0.6 is 0 Å². The molecule has 0 radical (unpaired) electrons. The van der Waals surface area contributed by atoms with Crippen molar-refractivity contribution in [2.45, 2.75) is 31.1 Å². The number of carbonyl (C=O) groups is 1. The predicted molar refractivity (Wildman–Crippen MR) is 72.9 cm³/mol. The van der Waals surface area contributed by atoms with Crippen LogP contribution in [0.1, 0.15) is 30.4 Å². The van der Waals surface area contributed by atoms with Gasteiger partial charge in [-0.05, 0) is 37.0 Å². The zero-order chi connectivity index (χ0) is 13.5. The summed E-state index contributed by atoms with van der Waals surface area (Å²) in [5, 5.41) is 0. The summed E-state index contributed by atoms with van der Waals surface area (Å²) in [5.41, 5.74) is 2.52. The first kappa shape index (κ1) is 12.3. The van der Waals surface area contributed by atoms with E-state index in [1.54, 1.807) is 20.3 Å². The van der Waals surface area contributed by atoms with Gasteiger partial charge >= 0.3 is 0 Å². The maximum Gasteiger partial charge on any atom is 0.155 e. The van der Waals surface area contributed by atoms with E-state index in [-0.39, 0.29) is 11.2 Å². The third-order valence-electron chi connectivity index (χ3n) is 4.36. The SMILES string of the molecule is COc1cc2c(c(OC)c1)[C@@]1(C=CC(=O)CC1)CC2. The number of rotatable bonds is 2. The van der Waals surface area contributed by atoms with E-state index in [1.807, 2.05) is 6.07 Å². The molecule has 1 aromatic carbocycles. The maximum absolute atomic E-state index is 11.4. The molecule has 0 N–H and O–H groups in total. The molecule has 0 saturated heterocycles. The van der Waals surface area contributed by atoms with Gasteiger partial charge in [0.2, 0.25) is 0 Å². The lowest BCUT2D eigenvalue weighted by molar-refractivity contribution is -0.115. The van der Waals surface area contributed by atoms with Crippen molar-refractivity contribution < 1.29 is 14.3 Å². The molecule has 1 spiro atoms. The molecule has 3 heteroatoms. The van der Waals surface area contributed by atoms with Crippen LogP contribution in [0.4, 0.5) is 0 Å². The minimum Gasteiger partial charge on any atom is -0.497 e. The Bertz CT molecular complexity index is 559. The van der Waals surface area contributed by atoms with Gasteiger partial charge in [-0.25, -0.2) is 0 Å². The Morgan fingerprint density at radius 3 is 2.53 bits per heavy atom. The van der Waals surface area contributed by atoms with E-state index in [0.717, 1.165) is 30.8 Å². The Balaban J connectivity index is 2.14. The predicted octanol–water partition coefficient (Wildman–Crippen LogP) is 2.81. The van der Waals surface area contributed by atoms with E-state index in [0.29, 0.717) is 6.42 Å². The summed E-state index contributed by atoms with van der Waals surface area (Å²) in [6.45, 7) is 0. The number of allylic oxidation sites excluding steroid dienone is 2. The second-order valence-electron chi connectivity index (χ2n) is 5.32. The molecule has 3 rings (SSSR count). The van der Waals surface area contributed by atoms with Gasteiger partial charge < -0.3 is 9.47 Å². The smallest absolute Gasteiger partial charge is 0.155 e. The molecule has 3 nitrogen and oxygen atoms in total. The van der Waals surface area contributed by atoms with Crippen LogP contribution in [0.15, 0.2) is 24.3 Å². The number of aryl methyl sites for hydroxylation is 1. The number of hydrogen-bond donors (Lipinski definition) is 0. The van der Waals surface area contributed by atoms with Crippen LogP contribution in [0, 0.1) is 0 Å². The lowest BCUT2D eigenvalue weighted by Gasteiger charge is -2.30. The van der Waals surface area contributed by atoms with Crippen LogP contribution in [0.3, 0.4) is 0 Å². The Morgan fingerprint density at radius 1 is 1.11 bits per heavy atom. The van der Waals surface area contributed by atoms with Gasteiger partial charge in [0.05, 0.1) is 14.2 Å². The Kier molecular flexibility index (Phi) is 2.85. The molecule has 1 atom stereocenters. The van der Waals surface area contributed by atoms with Gasteiger partial charge in [0, 0.05) is 23.5 Å². The molecule has 0 bridgehead atoms. The summed E-state index contributed by atoms with van der Waals surface area (Å²) in [5.74, 6) is 1.95. The fourth-order valence-corrected chi connectivity index (χ4v) is 3.35. The van der Waals surface area contributed by atoms with E-state index in [2.05, 4.69) is 12.1 Å². The van der Waals surface area contributed by atoms with Crippen LogP contribution in [0.2, 0.25) is 0 Å². The molecule has 0 aliphatic heterocycles. The van der Waals surface area contributed by atoms with Gasteiger partial charge in [0.15, 0.2) is 5.78 Å². The highest BCUT2D eigenvalue weighted by atomic mass is 16.5. The monoisotopic (exact) mass is 258 g/mol. The third kappa shape index (κ3) is 1.84. The van der Waals surface area contributed by atoms with Gasteiger partial charge in [-0.1, -0.05) is 6.08 Å². The van der Waals surface area contributed by atoms with Gasteiger partial charge in [0.25, 0.3) is 0 Å². The highest BCUT2D eigenvalue weighted by Crippen LogP contribution is 2.50. The van der Waals surface area contributed by atoms with Gasteiger partial charge in [-0.3, -0.25) is 4.79 Å². The zero-order valence-electron chi connectivity index (χ0n) is 11.4. The van der Waals surface area contributed by atoms with Crippen molar-refractivity contribution in [3.63, 3.8) is 0 Å². The van der Waals surface area contributed by atoms with E-state index >= 15 is 0 Å². The zero-order valence-corrected chi connectivity index (χ0v) is 11.4. The van der Waals surface area contributed by atoms with Crippen molar-refractivity contribution in [3.05, 3.63) is 35.4 Å². The highest BCUT2D eigenvalue weighted by Gasteiger charge is 2.41. The van der Waals surface area contributed by atoms with Crippen LogP contribution in [-0.2, 0) is 16.6 Å². The molecule has 0 aromatic heterocycles. The number of benzene rings is 1. The second kappa shape index (κ2) is 4.41. The molecular weight excluding hydrogens is 240 g/mol. The Labute approximate surface area is 113 Å². The molecule has 0 fully saturated rings. The summed E-state index contributed by atoms with van der Waals surface area (Å²) in [6, 6.07) is 4.03. The summed E-state index contributed by atoms with van der Waals surface area (Å²) < 4.78 is 10.9. The first-order chi connectivity index (χ1) is 9.18. The molecule has 2 aliphatic carbocycles. The van der Waals surface area contributed by atoms with Gasteiger partial charge in [-0.2, -0.15) is 0 Å². The van der Waals surface area contributed by atoms with Crippen molar-refractivity contribution in [2.24, 2.45) is 0 Å². The summed E-state index contributed by atoms with van der Waals surface area (Å²) in [7, 11) is 3.36. The van der Waals surface area contributed by atoms with Crippen molar-refractivity contribution in [3.8, 4) is 11.5 Å². The average molecular weight is 258 g/mol. The number of fused-ring (bicyclic) bond motifs is 2. The number of methoxy groups -OCH3 is 2. The molecule has 0 amide bonds. The van der Waals surface area contributed by atoms with E-state index in [9.17, 15) is 4.79 Å². The highest BCUT2D eigenvalue weighted by molar-refractivity contribution is 5.91. The number of ketones is 1. The van der Waals surface area contributed by atoms with Crippen LogP contribution in [-0.4, -0.2) is 20.0 Å². The summed E-state index contributed by atoms with van der Waals surface area (Å²) >= 11 is 0. The van der Waals surface area contributed by atoms with Crippen molar-refractivity contribution in [1.82, 2.24) is 0 Å². The summed E-state index contributed by atoms with van der Waals surface area (Å²) in [6.07, 6.45) is 7.40. The van der Waals surface area contributed by atoms with Crippen LogP contribution < -0.4 is 9.47 Å². The van der Waals surface area contributed by atoms with Crippen molar-refractivity contribution >= 4 is 5.78 Å². The van der Waals surface area contributed by atoms with Crippen LogP contribution in [0.25, 0.3) is 0 Å². The lowest BCUT2D eigenvalue weighted by atomic mass is 9.74. The standard InChI is InChI=1S/C16H18O3/c1-18-13-9-11-3-6-16(7-4-12(17)5-8-16)15(11)14(10-13)19-2/h4,7,9-10H,3,5-6,8H2,1-2H3/t16-/m1/s1. The minimum atomic E-state index is -0.0130. The Morgan fingerprint density at radius 2 is 1.89 bits per heavy atom. The minimum absolute atomic E-state index is 0.0130. The van der Waals surface area contributed by atoms with E-state index < -0.39 is 0 Å². The Hall–Kier alpha value is -1.77. The third-order valence-corrected chi connectivity index (χ3v) is 4.36. The maximum atomic E-state index is 11.4. The number of ether oxygens (including phenoxy) is 2. The van der Waals surface area contributed by atoms with Gasteiger partial charge in [0.1, 0.15) is 11.5 Å². The first-order valence-electron chi connectivity index (χ1n) is 6.66. The van der Waals surface area contributed by atoms with Crippen LogP contribution in [0.5, 0.6) is 11.5 Å². The average Bonchev–Trinajstić information content (AvgIpc) is 2.80. The molecule has 100 valence electrons. The normalized spacial score (nSPS) is 24.6. The second-order valence-corrected chi connectivity index (χ2v) is 5.32. The molecule has 1 aromatic rings. The number of carbonyl (C=O) groups excluding carboxylic acids is 1. The fraction of sp³-hybridized carbons (Fsp3) is 0.438. The molecule has 0 heterocycles. The topological polar surface area (TPSA) is 35.5 Å². The summed E-state index contributed by atoms with van der Waals surface area (Å²) in [4.78, 5) is 11.4. The van der Waals surface area contributed by atoms with E-state index in [4.69, 9.17) is 9.47 Å². The van der Waals surface area contributed by atoms with E-state index in [1.165, 1.54) is 11.1 Å². The quantitative estimate of drug-likeness (QED) is 0.818. The molecule has 0 unspecified atom stereocenters. The molecule has 0 saturated carbocycles. The largest absolute Gasteiger partial charge is 0.497 e. The molecule has 19 heavy (non-hydrogen) atoms. The lowest BCUT2D eigenvalue weighted by Crippen LogP contribution is -2.25. The molecule has 2 aliphatic rings. The first-order valence-corrected chi connectivity index (χ1v) is 6.66. The molecular formula is C16H18O3. The van der Waals surface area contributed by atoms with Crippen molar-refractivity contribution in [1.29, 1.82) is 0 Å². The van der Waals surface area contributed by atoms with Crippen molar-refractivity contribution in [2.75, 3.05) is 14.2 Å². The fourth-order valence-electron chi connectivity index (χ4n) is 3.35. The van der Waals surface area contributed by atoms with Gasteiger partial charge in [-0.15, -0.1) is 0 Å². The number of hydrogen-bond acceptors (Lipinski definition) is 3.